The number of hydrogen-bond acceptors (Lipinski definition) is 4. The standard InChI is InChI=1S/C12H16N2O4S/c13-7-9-5-6-14(8-9)19(17,18)11-4-2-1-3-10(11)12(15)16/h1-4,9H,5-8,13H2,(H,15,16). The summed E-state index contributed by atoms with van der Waals surface area (Å²) in [5.41, 5.74) is 5.34. The van der Waals surface area contributed by atoms with Gasteiger partial charge in [0, 0.05) is 13.1 Å². The Morgan fingerprint density at radius 2 is 2.11 bits per heavy atom. The van der Waals surface area contributed by atoms with Crippen molar-refractivity contribution in [1.29, 1.82) is 0 Å². The molecule has 1 heterocycles. The Kier molecular flexibility index (Phi) is 3.88. The fraction of sp³-hybridized carbons (Fsp3) is 0.417. The lowest BCUT2D eigenvalue weighted by atomic mass is 10.1. The van der Waals surface area contributed by atoms with Crippen molar-refractivity contribution in [2.75, 3.05) is 19.6 Å². The van der Waals surface area contributed by atoms with E-state index in [1.807, 2.05) is 0 Å². The highest BCUT2D eigenvalue weighted by Gasteiger charge is 2.34. The van der Waals surface area contributed by atoms with E-state index >= 15 is 0 Å². The van der Waals surface area contributed by atoms with Crippen molar-refractivity contribution in [3.05, 3.63) is 29.8 Å². The van der Waals surface area contributed by atoms with Crippen LogP contribution in [0.3, 0.4) is 0 Å². The number of nitrogens with two attached hydrogens (primary N) is 1. The lowest BCUT2D eigenvalue weighted by molar-refractivity contribution is 0.0692. The molecule has 0 aliphatic carbocycles. The van der Waals surface area contributed by atoms with Gasteiger partial charge in [-0.3, -0.25) is 0 Å². The number of rotatable bonds is 4. The van der Waals surface area contributed by atoms with E-state index in [0.29, 0.717) is 26.1 Å². The van der Waals surface area contributed by atoms with E-state index in [-0.39, 0.29) is 16.4 Å². The second-order valence-corrected chi connectivity index (χ2v) is 6.46. The Hall–Kier alpha value is -1.44. The monoisotopic (exact) mass is 284 g/mol. The summed E-state index contributed by atoms with van der Waals surface area (Å²) in [4.78, 5) is 10.9. The van der Waals surface area contributed by atoms with E-state index in [1.165, 1.54) is 28.6 Å². The van der Waals surface area contributed by atoms with Gasteiger partial charge in [-0.2, -0.15) is 4.31 Å². The fourth-order valence-corrected chi connectivity index (χ4v) is 3.93. The molecule has 1 aliphatic heterocycles. The van der Waals surface area contributed by atoms with Crippen LogP contribution in [0.15, 0.2) is 29.2 Å². The van der Waals surface area contributed by atoms with Gasteiger partial charge in [-0.25, -0.2) is 13.2 Å². The molecule has 19 heavy (non-hydrogen) atoms. The molecule has 0 bridgehead atoms. The van der Waals surface area contributed by atoms with Crippen molar-refractivity contribution in [1.82, 2.24) is 4.31 Å². The van der Waals surface area contributed by atoms with E-state index in [4.69, 9.17) is 10.8 Å². The SMILES string of the molecule is NCC1CCN(S(=O)(=O)c2ccccc2C(=O)O)C1. The van der Waals surface area contributed by atoms with Crippen molar-refractivity contribution in [2.45, 2.75) is 11.3 Å². The van der Waals surface area contributed by atoms with Crippen molar-refractivity contribution in [3.8, 4) is 0 Å². The van der Waals surface area contributed by atoms with E-state index in [1.54, 1.807) is 0 Å². The van der Waals surface area contributed by atoms with Crippen molar-refractivity contribution < 1.29 is 18.3 Å². The predicted octanol–water partition coefficient (Wildman–Crippen LogP) is 0.354. The topological polar surface area (TPSA) is 101 Å². The zero-order valence-electron chi connectivity index (χ0n) is 10.3. The predicted molar refractivity (Wildman–Crippen MR) is 69.3 cm³/mol. The van der Waals surface area contributed by atoms with Crippen LogP contribution in [0, 0.1) is 5.92 Å². The molecule has 7 heteroatoms. The second-order valence-electron chi connectivity index (χ2n) is 4.55. The number of carbonyl (C=O) groups is 1. The van der Waals surface area contributed by atoms with E-state index in [0.717, 1.165) is 0 Å². The van der Waals surface area contributed by atoms with Crippen molar-refractivity contribution in [3.63, 3.8) is 0 Å². The molecule has 0 aromatic heterocycles. The van der Waals surface area contributed by atoms with Gasteiger partial charge in [0.1, 0.15) is 0 Å². The fourth-order valence-electron chi connectivity index (χ4n) is 2.22. The maximum absolute atomic E-state index is 12.4. The van der Waals surface area contributed by atoms with Crippen molar-refractivity contribution in [2.24, 2.45) is 11.7 Å². The Balaban J connectivity index is 2.38. The summed E-state index contributed by atoms with van der Waals surface area (Å²) in [5, 5.41) is 9.07. The molecule has 1 aliphatic rings. The number of aromatic carboxylic acids is 1. The van der Waals surface area contributed by atoms with Crippen LogP contribution in [0.5, 0.6) is 0 Å². The zero-order valence-corrected chi connectivity index (χ0v) is 11.1. The number of hydrogen-bond donors (Lipinski definition) is 2. The lowest BCUT2D eigenvalue weighted by Crippen LogP contribution is -2.31. The van der Waals surface area contributed by atoms with Crippen LogP contribution in [0.25, 0.3) is 0 Å². The maximum Gasteiger partial charge on any atom is 0.337 e. The lowest BCUT2D eigenvalue weighted by Gasteiger charge is -2.17. The molecule has 2 rings (SSSR count). The third kappa shape index (κ3) is 2.63. The van der Waals surface area contributed by atoms with Crippen LogP contribution in [0.2, 0.25) is 0 Å². The molecule has 0 radical (unpaired) electrons. The third-order valence-corrected chi connectivity index (χ3v) is 5.24. The normalized spacial score (nSPS) is 20.6. The minimum Gasteiger partial charge on any atom is -0.478 e. The van der Waals surface area contributed by atoms with Gasteiger partial charge in [-0.15, -0.1) is 0 Å². The van der Waals surface area contributed by atoms with Gasteiger partial charge in [-0.1, -0.05) is 12.1 Å². The summed E-state index contributed by atoms with van der Waals surface area (Å²) in [7, 11) is -3.76. The van der Waals surface area contributed by atoms with Gasteiger partial charge in [0.2, 0.25) is 10.0 Å². The van der Waals surface area contributed by atoms with Crippen molar-refractivity contribution >= 4 is 16.0 Å². The molecule has 6 nitrogen and oxygen atoms in total. The molecule has 1 fully saturated rings. The average Bonchev–Trinajstić information content (AvgIpc) is 2.88. The molecule has 1 unspecified atom stereocenters. The highest BCUT2D eigenvalue weighted by Crippen LogP contribution is 2.25. The Labute approximate surface area is 111 Å². The number of sulfonamides is 1. The van der Waals surface area contributed by atoms with Crippen LogP contribution >= 0.6 is 0 Å². The molecule has 0 saturated carbocycles. The number of benzene rings is 1. The molecule has 1 aromatic rings. The highest BCUT2D eigenvalue weighted by atomic mass is 32.2. The smallest absolute Gasteiger partial charge is 0.337 e. The number of nitrogens with zero attached hydrogens (tertiary/aromatic N) is 1. The Bertz CT molecular complexity index is 585. The van der Waals surface area contributed by atoms with Gasteiger partial charge in [-0.05, 0) is 31.0 Å². The second kappa shape index (κ2) is 5.28. The Morgan fingerprint density at radius 3 is 2.68 bits per heavy atom. The molecule has 104 valence electrons. The van der Waals surface area contributed by atoms with Gasteiger partial charge in [0.05, 0.1) is 10.5 Å². The summed E-state index contributed by atoms with van der Waals surface area (Å²) in [5.74, 6) is -1.10. The van der Waals surface area contributed by atoms with Crippen LogP contribution in [-0.4, -0.2) is 43.4 Å². The van der Waals surface area contributed by atoms with Crippen LogP contribution in [0.4, 0.5) is 0 Å². The van der Waals surface area contributed by atoms with Gasteiger partial charge in [0.15, 0.2) is 0 Å². The summed E-state index contributed by atoms with van der Waals surface area (Å²) in [6.07, 6.45) is 0.713. The third-order valence-electron chi connectivity index (χ3n) is 3.32. The molecule has 0 amide bonds. The van der Waals surface area contributed by atoms with Crippen LogP contribution in [0.1, 0.15) is 16.8 Å². The van der Waals surface area contributed by atoms with Gasteiger partial charge in [0.25, 0.3) is 0 Å². The first-order valence-electron chi connectivity index (χ1n) is 5.99. The molecular formula is C12H16N2O4S. The first-order chi connectivity index (χ1) is 8.96. The minimum atomic E-state index is -3.76. The summed E-state index contributed by atoms with van der Waals surface area (Å²) >= 11 is 0. The first kappa shape index (κ1) is 14.0. The van der Waals surface area contributed by atoms with E-state index in [2.05, 4.69) is 0 Å². The van der Waals surface area contributed by atoms with Gasteiger partial charge >= 0.3 is 5.97 Å². The number of carboxylic acids is 1. The average molecular weight is 284 g/mol. The largest absolute Gasteiger partial charge is 0.478 e. The van der Waals surface area contributed by atoms with E-state index < -0.39 is 16.0 Å². The first-order valence-corrected chi connectivity index (χ1v) is 7.43. The molecule has 1 aromatic carbocycles. The zero-order chi connectivity index (χ0) is 14.0. The van der Waals surface area contributed by atoms with Gasteiger partial charge < -0.3 is 10.8 Å². The quantitative estimate of drug-likeness (QED) is 0.831. The Morgan fingerprint density at radius 1 is 1.42 bits per heavy atom. The summed E-state index contributed by atoms with van der Waals surface area (Å²) < 4.78 is 26.2. The van der Waals surface area contributed by atoms with E-state index in [9.17, 15) is 13.2 Å². The van der Waals surface area contributed by atoms with Crippen LogP contribution in [-0.2, 0) is 10.0 Å². The molecule has 3 N–H and O–H groups in total. The van der Waals surface area contributed by atoms with Crippen LogP contribution < -0.4 is 5.73 Å². The summed E-state index contributed by atoms with van der Waals surface area (Å²) in [6.45, 7) is 1.18. The maximum atomic E-state index is 12.4. The molecular weight excluding hydrogens is 268 g/mol. The highest BCUT2D eigenvalue weighted by molar-refractivity contribution is 7.89. The molecule has 1 saturated heterocycles. The molecule has 1 atom stereocenters. The minimum absolute atomic E-state index is 0.145. The molecule has 0 spiro atoms. The summed E-state index contributed by atoms with van der Waals surface area (Å²) in [6, 6.07) is 5.66. The number of carboxylic acid groups (broad SMARTS) is 1.